The summed E-state index contributed by atoms with van der Waals surface area (Å²) in [4.78, 5) is 10.7. The molecule has 0 atom stereocenters. The Labute approximate surface area is 117 Å². The van der Waals surface area contributed by atoms with Gasteiger partial charge in [0.2, 0.25) is 0 Å². The highest BCUT2D eigenvalue weighted by Gasteiger charge is 2.25. The molecule has 0 aliphatic heterocycles. The summed E-state index contributed by atoms with van der Waals surface area (Å²) in [6.07, 6.45) is 9.97. The summed E-state index contributed by atoms with van der Waals surface area (Å²) in [5.41, 5.74) is 6.76. The van der Waals surface area contributed by atoms with Crippen LogP contribution < -0.4 is 5.73 Å². The normalized spacial score (nSPS) is 16.3. The molecule has 1 aliphatic carbocycles. The minimum atomic E-state index is 0.664. The molecule has 0 aromatic carbocycles. The molecule has 1 saturated carbocycles. The van der Waals surface area contributed by atoms with Crippen molar-refractivity contribution in [2.45, 2.75) is 38.0 Å². The van der Waals surface area contributed by atoms with E-state index in [4.69, 9.17) is 10.7 Å². The van der Waals surface area contributed by atoms with Gasteiger partial charge in [0.15, 0.2) is 5.82 Å². The van der Waals surface area contributed by atoms with Crippen LogP contribution >= 0.6 is 11.3 Å². The lowest BCUT2D eigenvalue weighted by Gasteiger charge is -2.08. The van der Waals surface area contributed by atoms with Crippen molar-refractivity contribution in [1.82, 2.24) is 14.5 Å². The lowest BCUT2D eigenvalue weighted by Crippen LogP contribution is -2.02. The number of hydrogen-bond donors (Lipinski definition) is 1. The molecule has 2 aromatic heterocycles. The first-order valence-corrected chi connectivity index (χ1v) is 7.78. The van der Waals surface area contributed by atoms with Crippen LogP contribution in [0.15, 0.2) is 12.4 Å². The number of thiazole rings is 1. The second-order valence-electron chi connectivity index (χ2n) is 5.20. The van der Waals surface area contributed by atoms with Gasteiger partial charge in [0, 0.05) is 30.7 Å². The molecule has 1 aliphatic rings. The minimum Gasteiger partial charge on any atom is -0.333 e. The lowest BCUT2D eigenvalue weighted by molar-refractivity contribution is 0.735. The molecule has 0 unspecified atom stereocenters. The van der Waals surface area contributed by atoms with E-state index < -0.39 is 0 Å². The Hall–Kier alpha value is -1.20. The van der Waals surface area contributed by atoms with Crippen LogP contribution in [0, 0.1) is 0 Å². The molecule has 2 heterocycles. The van der Waals surface area contributed by atoms with Crippen LogP contribution in [0.25, 0.3) is 11.5 Å². The minimum absolute atomic E-state index is 0.664. The molecule has 5 heteroatoms. The number of aryl methyl sites for hydroxylation is 1. The second-order valence-corrected chi connectivity index (χ2v) is 6.32. The fraction of sp³-hybridized carbons (Fsp3) is 0.571. The summed E-state index contributed by atoms with van der Waals surface area (Å²) in [6.45, 7) is 0.664. The van der Waals surface area contributed by atoms with Gasteiger partial charge in [-0.3, -0.25) is 0 Å². The predicted octanol–water partition coefficient (Wildman–Crippen LogP) is 2.70. The van der Waals surface area contributed by atoms with Gasteiger partial charge in [-0.25, -0.2) is 9.97 Å². The van der Waals surface area contributed by atoms with Gasteiger partial charge in [-0.05, 0) is 25.3 Å². The Morgan fingerprint density at radius 2 is 2.21 bits per heavy atom. The number of imidazole rings is 1. The fourth-order valence-corrected chi connectivity index (χ4v) is 4.07. The first-order chi connectivity index (χ1) is 9.29. The second kappa shape index (κ2) is 5.43. The zero-order valence-electron chi connectivity index (χ0n) is 11.3. The van der Waals surface area contributed by atoms with E-state index in [2.05, 4.69) is 9.55 Å². The maximum atomic E-state index is 5.67. The van der Waals surface area contributed by atoms with Crippen LogP contribution in [0.1, 0.15) is 41.5 Å². The van der Waals surface area contributed by atoms with E-state index in [-0.39, 0.29) is 0 Å². The van der Waals surface area contributed by atoms with Crippen LogP contribution in [0.2, 0.25) is 0 Å². The summed E-state index contributed by atoms with van der Waals surface area (Å²) < 4.78 is 2.06. The Bertz CT molecular complexity index is 552. The van der Waals surface area contributed by atoms with Crippen LogP contribution in [0.4, 0.5) is 0 Å². The van der Waals surface area contributed by atoms with E-state index in [9.17, 15) is 0 Å². The number of nitrogens with two attached hydrogens (primary N) is 1. The van der Waals surface area contributed by atoms with Crippen molar-refractivity contribution in [1.29, 1.82) is 0 Å². The quantitative estimate of drug-likeness (QED) is 0.934. The summed E-state index contributed by atoms with van der Waals surface area (Å²) >= 11 is 1.84. The van der Waals surface area contributed by atoms with Crippen LogP contribution in [-0.2, 0) is 13.5 Å². The van der Waals surface area contributed by atoms with Crippen molar-refractivity contribution >= 4 is 11.3 Å². The van der Waals surface area contributed by atoms with E-state index in [0.29, 0.717) is 12.5 Å². The van der Waals surface area contributed by atoms with Crippen LogP contribution in [0.3, 0.4) is 0 Å². The highest BCUT2D eigenvalue weighted by atomic mass is 32.1. The summed E-state index contributed by atoms with van der Waals surface area (Å²) in [5.74, 6) is 1.66. The average molecular weight is 276 g/mol. The fourth-order valence-electron chi connectivity index (χ4n) is 2.83. The molecule has 1 fully saturated rings. The Morgan fingerprint density at radius 1 is 1.42 bits per heavy atom. The zero-order valence-corrected chi connectivity index (χ0v) is 12.1. The molecule has 3 rings (SSSR count). The van der Waals surface area contributed by atoms with Gasteiger partial charge >= 0.3 is 0 Å². The van der Waals surface area contributed by atoms with Crippen molar-refractivity contribution in [2.24, 2.45) is 12.8 Å². The number of nitrogens with zero attached hydrogens (tertiary/aromatic N) is 3. The van der Waals surface area contributed by atoms with Crippen molar-refractivity contribution in [3.63, 3.8) is 0 Å². The highest BCUT2D eigenvalue weighted by molar-refractivity contribution is 7.12. The molecule has 0 saturated heterocycles. The van der Waals surface area contributed by atoms with E-state index in [1.54, 1.807) is 0 Å². The molecular weight excluding hydrogens is 256 g/mol. The molecule has 0 radical (unpaired) electrons. The van der Waals surface area contributed by atoms with E-state index >= 15 is 0 Å². The van der Waals surface area contributed by atoms with E-state index in [0.717, 1.165) is 22.9 Å². The highest BCUT2D eigenvalue weighted by Crippen LogP contribution is 2.41. The standard InChI is InChI=1S/C14H20N4S/c1-18-9-8-16-14(18)12-13(10-4-2-3-5-10)19-11(17-12)6-7-15/h8-10H,2-7,15H2,1H3. The molecule has 2 aromatic rings. The largest absolute Gasteiger partial charge is 0.333 e. The van der Waals surface area contributed by atoms with Gasteiger partial charge in [0.25, 0.3) is 0 Å². The third-order valence-electron chi connectivity index (χ3n) is 3.81. The van der Waals surface area contributed by atoms with E-state index in [1.165, 1.54) is 30.6 Å². The van der Waals surface area contributed by atoms with Crippen LogP contribution in [0.5, 0.6) is 0 Å². The zero-order chi connectivity index (χ0) is 13.2. The monoisotopic (exact) mass is 276 g/mol. The molecule has 19 heavy (non-hydrogen) atoms. The topological polar surface area (TPSA) is 56.7 Å². The van der Waals surface area contributed by atoms with Crippen molar-refractivity contribution in [3.8, 4) is 11.5 Å². The Morgan fingerprint density at radius 3 is 2.84 bits per heavy atom. The number of rotatable bonds is 4. The molecule has 0 spiro atoms. The maximum Gasteiger partial charge on any atom is 0.159 e. The number of hydrogen-bond acceptors (Lipinski definition) is 4. The first kappa shape index (κ1) is 12.8. The van der Waals surface area contributed by atoms with Gasteiger partial charge in [-0.2, -0.15) is 0 Å². The average Bonchev–Trinajstić information content (AvgIpc) is 3.08. The van der Waals surface area contributed by atoms with Gasteiger partial charge in [0.05, 0.1) is 5.01 Å². The molecule has 4 nitrogen and oxygen atoms in total. The van der Waals surface area contributed by atoms with Gasteiger partial charge < -0.3 is 10.3 Å². The van der Waals surface area contributed by atoms with Gasteiger partial charge in [-0.1, -0.05) is 12.8 Å². The smallest absolute Gasteiger partial charge is 0.159 e. The van der Waals surface area contributed by atoms with Crippen molar-refractivity contribution < 1.29 is 0 Å². The molecule has 102 valence electrons. The summed E-state index contributed by atoms with van der Waals surface area (Å²) in [6, 6.07) is 0. The number of aromatic nitrogens is 3. The van der Waals surface area contributed by atoms with Gasteiger partial charge in [0.1, 0.15) is 5.69 Å². The third-order valence-corrected chi connectivity index (χ3v) is 5.09. The summed E-state index contributed by atoms with van der Waals surface area (Å²) in [5, 5.41) is 1.16. The third kappa shape index (κ3) is 2.44. The summed E-state index contributed by atoms with van der Waals surface area (Å²) in [7, 11) is 2.03. The molecular formula is C14H20N4S. The van der Waals surface area contributed by atoms with E-state index in [1.807, 2.05) is 30.8 Å². The van der Waals surface area contributed by atoms with Gasteiger partial charge in [-0.15, -0.1) is 11.3 Å². The maximum absolute atomic E-state index is 5.67. The molecule has 2 N–H and O–H groups in total. The molecule has 0 amide bonds. The SMILES string of the molecule is Cn1ccnc1-c1nc(CCN)sc1C1CCCC1. The van der Waals surface area contributed by atoms with Crippen molar-refractivity contribution in [2.75, 3.05) is 6.54 Å². The lowest BCUT2D eigenvalue weighted by atomic mass is 10.0. The first-order valence-electron chi connectivity index (χ1n) is 6.97. The molecule has 0 bridgehead atoms. The Kier molecular flexibility index (Phi) is 3.66. The Balaban J connectivity index is 2.03. The van der Waals surface area contributed by atoms with Crippen molar-refractivity contribution in [3.05, 3.63) is 22.3 Å². The predicted molar refractivity (Wildman–Crippen MR) is 78.3 cm³/mol. The van der Waals surface area contributed by atoms with Crippen LogP contribution in [-0.4, -0.2) is 21.1 Å².